The number of rotatable bonds is 2. The van der Waals surface area contributed by atoms with Crippen LogP contribution in [-0.2, 0) is 0 Å². The van der Waals surface area contributed by atoms with E-state index in [-0.39, 0.29) is 16.8 Å². The molecule has 24 heavy (non-hydrogen) atoms. The van der Waals surface area contributed by atoms with Gasteiger partial charge in [0, 0.05) is 17.1 Å². The molecule has 4 nitrogen and oxygen atoms in total. The van der Waals surface area contributed by atoms with Crippen molar-refractivity contribution in [2.45, 2.75) is 26.6 Å². The molecule has 120 valence electrons. The van der Waals surface area contributed by atoms with E-state index in [1.165, 1.54) is 12.3 Å². The number of hydrogen-bond acceptors (Lipinski definition) is 3. The first-order valence-corrected chi connectivity index (χ1v) is 7.62. The van der Waals surface area contributed by atoms with Gasteiger partial charge in [-0.3, -0.25) is 4.79 Å². The maximum Gasteiger partial charge on any atom is 0.257 e. The smallest absolute Gasteiger partial charge is 0.257 e. The molecule has 4 aromatic rings. The van der Waals surface area contributed by atoms with Crippen molar-refractivity contribution in [2.24, 2.45) is 0 Å². The number of hydrogen-bond donors (Lipinski definition) is 1. The molecule has 0 fully saturated rings. The summed E-state index contributed by atoms with van der Waals surface area (Å²) >= 11 is 0. The van der Waals surface area contributed by atoms with Crippen molar-refractivity contribution in [1.29, 1.82) is 0 Å². The van der Waals surface area contributed by atoms with E-state index in [4.69, 9.17) is 9.90 Å². The van der Waals surface area contributed by atoms with E-state index in [0.29, 0.717) is 22.2 Å². The van der Waals surface area contributed by atoms with Crippen molar-refractivity contribution >= 4 is 22.1 Å². The first-order valence-electron chi connectivity index (χ1n) is 9.62. The van der Waals surface area contributed by atoms with Crippen molar-refractivity contribution in [3.63, 3.8) is 0 Å². The van der Waals surface area contributed by atoms with E-state index in [0.717, 1.165) is 5.39 Å². The SMILES string of the molecule is [2H]C([2H])([2H])c1cc2oc3ccccc3c2nc1-c1c(C([2H])(C)C)cc[nH]c1=O. The second-order valence-corrected chi connectivity index (χ2v) is 5.92. The zero-order valence-electron chi connectivity index (χ0n) is 17.3. The molecular formula is C20H18N2O2. The van der Waals surface area contributed by atoms with Crippen LogP contribution in [-0.4, -0.2) is 9.97 Å². The van der Waals surface area contributed by atoms with Crippen LogP contribution in [0.15, 0.2) is 51.8 Å². The van der Waals surface area contributed by atoms with Gasteiger partial charge in [0.25, 0.3) is 5.56 Å². The quantitative estimate of drug-likeness (QED) is 0.578. The first-order chi connectivity index (χ1) is 13.1. The summed E-state index contributed by atoms with van der Waals surface area (Å²) in [5.74, 6) is -1.12. The van der Waals surface area contributed by atoms with Gasteiger partial charge in [0.1, 0.15) is 11.1 Å². The molecule has 0 aliphatic rings. The maximum atomic E-state index is 12.7. The molecule has 0 aliphatic carbocycles. The largest absolute Gasteiger partial charge is 0.454 e. The molecule has 0 aliphatic heterocycles. The van der Waals surface area contributed by atoms with Gasteiger partial charge in [-0.25, -0.2) is 4.98 Å². The zero-order valence-corrected chi connectivity index (χ0v) is 13.3. The predicted molar refractivity (Wildman–Crippen MR) is 96.4 cm³/mol. The van der Waals surface area contributed by atoms with Crippen LogP contribution in [0.2, 0.25) is 0 Å². The van der Waals surface area contributed by atoms with Gasteiger partial charge in [0.2, 0.25) is 0 Å². The normalized spacial score (nSPS) is 15.1. The molecule has 0 saturated heterocycles. The first kappa shape index (κ1) is 10.8. The van der Waals surface area contributed by atoms with Crippen molar-refractivity contribution in [1.82, 2.24) is 9.97 Å². The number of pyridine rings is 2. The Kier molecular flexibility index (Phi) is 2.40. The van der Waals surface area contributed by atoms with Crippen LogP contribution >= 0.6 is 0 Å². The number of nitrogens with zero attached hydrogens (tertiary/aromatic N) is 1. The van der Waals surface area contributed by atoms with Crippen LogP contribution in [0.3, 0.4) is 0 Å². The molecule has 3 heterocycles. The van der Waals surface area contributed by atoms with Gasteiger partial charge >= 0.3 is 0 Å². The number of benzene rings is 1. The fraction of sp³-hybridized carbons (Fsp3) is 0.200. The number of nitrogens with one attached hydrogen (secondary N) is 1. The fourth-order valence-corrected chi connectivity index (χ4v) is 2.96. The van der Waals surface area contributed by atoms with Gasteiger partial charge in [-0.15, -0.1) is 0 Å². The minimum Gasteiger partial charge on any atom is -0.454 e. The van der Waals surface area contributed by atoms with E-state index in [9.17, 15) is 4.79 Å². The van der Waals surface area contributed by atoms with E-state index in [1.807, 2.05) is 18.2 Å². The number of H-pyrrole nitrogens is 1. The van der Waals surface area contributed by atoms with Gasteiger partial charge in [0.05, 0.1) is 11.3 Å². The van der Waals surface area contributed by atoms with Crippen LogP contribution in [0.5, 0.6) is 0 Å². The summed E-state index contributed by atoms with van der Waals surface area (Å²) in [6.45, 7) is 0.777. The highest BCUT2D eigenvalue weighted by molar-refractivity contribution is 6.03. The fourth-order valence-electron chi connectivity index (χ4n) is 2.96. The van der Waals surface area contributed by atoms with Crippen LogP contribution in [0.4, 0.5) is 0 Å². The molecule has 0 saturated carbocycles. The Morgan fingerprint density at radius 1 is 1.25 bits per heavy atom. The highest BCUT2D eigenvalue weighted by atomic mass is 16.3. The van der Waals surface area contributed by atoms with Gasteiger partial charge in [-0.1, -0.05) is 26.0 Å². The van der Waals surface area contributed by atoms with Crippen molar-refractivity contribution in [2.75, 3.05) is 0 Å². The Balaban J connectivity index is 2.18. The summed E-state index contributed by atoms with van der Waals surface area (Å²) < 4.78 is 38.1. The molecule has 1 aromatic carbocycles. The lowest BCUT2D eigenvalue weighted by Gasteiger charge is -2.12. The number of furan rings is 1. The molecule has 1 N–H and O–H groups in total. The van der Waals surface area contributed by atoms with E-state index < -0.39 is 18.3 Å². The molecule has 4 rings (SSSR count). The molecule has 3 aromatic heterocycles. The minimum atomic E-state index is -2.51. The minimum absolute atomic E-state index is 0.0521. The second-order valence-electron chi connectivity index (χ2n) is 5.92. The highest BCUT2D eigenvalue weighted by Gasteiger charge is 2.18. The van der Waals surface area contributed by atoms with Gasteiger partial charge in [-0.2, -0.15) is 0 Å². The highest BCUT2D eigenvalue weighted by Crippen LogP contribution is 2.33. The average Bonchev–Trinajstić information content (AvgIpc) is 2.96. The van der Waals surface area contributed by atoms with E-state index in [1.54, 1.807) is 26.0 Å². The van der Waals surface area contributed by atoms with Crippen LogP contribution in [0.1, 0.15) is 36.4 Å². The molecule has 0 spiro atoms. The van der Waals surface area contributed by atoms with Gasteiger partial charge < -0.3 is 9.40 Å². The molecule has 0 radical (unpaired) electrons. The average molecular weight is 322 g/mol. The van der Waals surface area contributed by atoms with Crippen LogP contribution < -0.4 is 5.56 Å². The Hall–Kier alpha value is -2.88. The lowest BCUT2D eigenvalue weighted by Crippen LogP contribution is -2.13. The summed E-state index contributed by atoms with van der Waals surface area (Å²) in [7, 11) is 0. The Bertz CT molecular complexity index is 1260. The third-order valence-corrected chi connectivity index (χ3v) is 4.09. The molecular weight excluding hydrogens is 300 g/mol. The van der Waals surface area contributed by atoms with E-state index in [2.05, 4.69) is 9.97 Å². The number of aromatic nitrogens is 2. The third kappa shape index (κ3) is 2.14. The lowest BCUT2D eigenvalue weighted by molar-refractivity contribution is 0.668. The number of fused-ring (bicyclic) bond motifs is 3. The number of aromatic amines is 1. The monoisotopic (exact) mass is 322 g/mol. The molecule has 0 unspecified atom stereocenters. The summed E-state index contributed by atoms with van der Waals surface area (Å²) in [6, 6.07) is 10.3. The Morgan fingerprint density at radius 2 is 2.08 bits per heavy atom. The predicted octanol–water partition coefficient (Wildman–Crippen LogP) is 4.77. The summed E-state index contributed by atoms with van der Waals surface area (Å²) in [5.41, 5.74) is 1.40. The standard InChI is InChI=1S/C20H18N2O2/c1-11(2)13-8-9-21-20(23)17(13)18-12(3)10-16-19(22-18)14-6-4-5-7-15(14)24-16/h4-11H,1-3H3,(H,21,23)/i3D3,11D. The summed E-state index contributed by atoms with van der Waals surface area (Å²) in [6.07, 6.45) is 1.46. The zero-order chi connectivity index (χ0) is 20.3. The molecule has 0 amide bonds. The topological polar surface area (TPSA) is 58.9 Å². The van der Waals surface area contributed by atoms with Crippen molar-refractivity contribution in [3.05, 3.63) is 64.1 Å². The maximum absolute atomic E-state index is 12.7. The molecule has 0 bridgehead atoms. The van der Waals surface area contributed by atoms with Crippen LogP contribution in [0.25, 0.3) is 33.3 Å². The van der Waals surface area contributed by atoms with Crippen molar-refractivity contribution < 1.29 is 9.90 Å². The summed E-state index contributed by atoms with van der Waals surface area (Å²) in [4.78, 5) is 19.9. The third-order valence-electron chi connectivity index (χ3n) is 4.09. The second kappa shape index (κ2) is 5.34. The molecule has 0 atom stereocenters. The van der Waals surface area contributed by atoms with Gasteiger partial charge in [-0.05, 0) is 48.1 Å². The van der Waals surface area contributed by atoms with Gasteiger partial charge in [0.15, 0.2) is 5.58 Å². The van der Waals surface area contributed by atoms with Crippen molar-refractivity contribution in [3.8, 4) is 11.3 Å². The summed E-state index contributed by atoms with van der Waals surface area (Å²) in [5, 5.41) is 0.731. The van der Waals surface area contributed by atoms with Crippen LogP contribution in [0, 0.1) is 6.85 Å². The Morgan fingerprint density at radius 3 is 2.88 bits per heavy atom. The number of aryl methyl sites for hydroxylation is 1. The lowest BCUT2D eigenvalue weighted by atomic mass is 9.95. The molecule has 4 heteroatoms. The van der Waals surface area contributed by atoms with E-state index >= 15 is 0 Å². The Labute approximate surface area is 144 Å². The number of para-hydroxylation sites is 1.